The van der Waals surface area contributed by atoms with Crippen molar-refractivity contribution in [3.05, 3.63) is 57.2 Å². The van der Waals surface area contributed by atoms with Gasteiger partial charge in [-0.05, 0) is 123 Å². The molecule has 0 amide bonds. The minimum Gasteiger partial charge on any atom is -0.507 e. The number of benzene rings is 1. The lowest BCUT2D eigenvalue weighted by Gasteiger charge is -2.38. The van der Waals surface area contributed by atoms with Crippen molar-refractivity contribution in [3.8, 4) is 11.5 Å². The van der Waals surface area contributed by atoms with Crippen LogP contribution in [0.5, 0.6) is 11.5 Å². The second kappa shape index (κ2) is 11.1. The molecule has 0 aromatic heterocycles. The number of aromatic hydroxyl groups is 1. The first kappa shape index (κ1) is 25.3. The number of rotatable bonds is 9. The molecule has 2 heteroatoms. The van der Waals surface area contributed by atoms with E-state index >= 15 is 0 Å². The number of fused-ring (bicyclic) bond motifs is 1. The smallest absolute Gasteiger partial charge is 0.127 e. The molecule has 1 unspecified atom stereocenters. The molecule has 1 heterocycles. The van der Waals surface area contributed by atoms with E-state index < -0.39 is 0 Å². The lowest BCUT2D eigenvalue weighted by atomic mass is 9.85. The van der Waals surface area contributed by atoms with E-state index in [2.05, 4.69) is 59.8 Å². The van der Waals surface area contributed by atoms with E-state index in [-0.39, 0.29) is 5.60 Å². The summed E-state index contributed by atoms with van der Waals surface area (Å²) in [6.45, 7) is 17.1. The lowest BCUT2D eigenvalue weighted by molar-refractivity contribution is 0.0558. The van der Waals surface area contributed by atoms with Crippen molar-refractivity contribution in [1.82, 2.24) is 0 Å². The highest BCUT2D eigenvalue weighted by Gasteiger charge is 2.33. The Kier molecular flexibility index (Phi) is 9.03. The standard InChI is InChI=1S/C29H44O2/c1-20(2)12-9-13-21(3)14-10-15-22(4)16-11-18-29(8)19-17-26-25(7)27(30)23(5)24(6)28(26)31-29/h12,14,16,30H,9-11,13,15,17-19H2,1-8H3/b21-14-,22-16-. The van der Waals surface area contributed by atoms with Gasteiger partial charge in [0.15, 0.2) is 0 Å². The summed E-state index contributed by atoms with van der Waals surface area (Å²) in [5.74, 6) is 1.44. The predicted octanol–water partition coefficient (Wildman–Crippen LogP) is 8.60. The van der Waals surface area contributed by atoms with Gasteiger partial charge < -0.3 is 9.84 Å². The van der Waals surface area contributed by atoms with Gasteiger partial charge in [-0.3, -0.25) is 0 Å². The van der Waals surface area contributed by atoms with Gasteiger partial charge in [0.1, 0.15) is 17.1 Å². The summed E-state index contributed by atoms with van der Waals surface area (Å²) >= 11 is 0. The van der Waals surface area contributed by atoms with Crippen LogP contribution >= 0.6 is 0 Å². The van der Waals surface area contributed by atoms with Crippen LogP contribution in [0.25, 0.3) is 0 Å². The molecule has 1 aromatic carbocycles. The fourth-order valence-corrected chi connectivity index (χ4v) is 4.43. The zero-order chi connectivity index (χ0) is 23.2. The van der Waals surface area contributed by atoms with Crippen LogP contribution in [0.1, 0.15) is 102 Å². The third-order valence-electron chi connectivity index (χ3n) is 6.88. The molecule has 1 aromatic rings. The van der Waals surface area contributed by atoms with Gasteiger partial charge in [0.05, 0.1) is 0 Å². The van der Waals surface area contributed by atoms with E-state index in [4.69, 9.17) is 4.74 Å². The summed E-state index contributed by atoms with van der Waals surface area (Å²) in [5.41, 5.74) is 8.45. The Labute approximate surface area is 191 Å². The number of ether oxygens (including phenoxy) is 1. The maximum absolute atomic E-state index is 10.4. The third kappa shape index (κ3) is 7.02. The monoisotopic (exact) mass is 424 g/mol. The number of allylic oxidation sites excluding steroid dienone is 6. The molecule has 1 aliphatic heterocycles. The Hall–Kier alpha value is -1.96. The zero-order valence-corrected chi connectivity index (χ0v) is 21.2. The quantitative estimate of drug-likeness (QED) is 0.402. The van der Waals surface area contributed by atoms with E-state index in [1.54, 1.807) is 0 Å². The fourth-order valence-electron chi connectivity index (χ4n) is 4.43. The zero-order valence-electron chi connectivity index (χ0n) is 21.2. The molecule has 0 fully saturated rings. The van der Waals surface area contributed by atoms with Crippen LogP contribution in [-0.4, -0.2) is 10.7 Å². The molecule has 1 atom stereocenters. The van der Waals surface area contributed by atoms with Crippen molar-refractivity contribution in [2.45, 2.75) is 112 Å². The molecule has 172 valence electrons. The molecule has 0 radical (unpaired) electrons. The summed E-state index contributed by atoms with van der Waals surface area (Å²) in [5, 5.41) is 10.4. The molecule has 31 heavy (non-hydrogen) atoms. The van der Waals surface area contributed by atoms with E-state index in [0.29, 0.717) is 5.75 Å². The normalized spacial score (nSPS) is 19.1. The molecule has 1 N–H and O–H groups in total. The minimum atomic E-state index is -0.133. The van der Waals surface area contributed by atoms with Gasteiger partial charge in [-0.15, -0.1) is 0 Å². The Bertz CT molecular complexity index is 865. The highest BCUT2D eigenvalue weighted by Crippen LogP contribution is 2.44. The molecule has 2 nitrogen and oxygen atoms in total. The van der Waals surface area contributed by atoms with Gasteiger partial charge in [-0.25, -0.2) is 0 Å². The van der Waals surface area contributed by atoms with Crippen LogP contribution in [-0.2, 0) is 6.42 Å². The first-order chi connectivity index (χ1) is 14.5. The molecular formula is C29H44O2. The number of hydrogen-bond acceptors (Lipinski definition) is 2. The SMILES string of the molecule is CC(C)=CCC/C(C)=C\CC/C(C)=C\CCC1(C)CCc2c(C)c(O)c(C)c(C)c2O1. The van der Waals surface area contributed by atoms with Crippen molar-refractivity contribution in [1.29, 1.82) is 0 Å². The van der Waals surface area contributed by atoms with Crippen molar-refractivity contribution in [2.75, 3.05) is 0 Å². The predicted molar refractivity (Wildman–Crippen MR) is 134 cm³/mol. The Morgan fingerprint density at radius 2 is 1.45 bits per heavy atom. The Morgan fingerprint density at radius 1 is 0.871 bits per heavy atom. The van der Waals surface area contributed by atoms with Crippen molar-refractivity contribution < 1.29 is 9.84 Å². The first-order valence-corrected chi connectivity index (χ1v) is 12.0. The van der Waals surface area contributed by atoms with Gasteiger partial charge in [-0.1, -0.05) is 34.9 Å². The molecule has 1 aliphatic rings. The number of phenolic OH excluding ortho intramolecular Hbond substituents is 1. The van der Waals surface area contributed by atoms with Crippen LogP contribution in [0.2, 0.25) is 0 Å². The van der Waals surface area contributed by atoms with Crippen LogP contribution in [0.4, 0.5) is 0 Å². The van der Waals surface area contributed by atoms with E-state index in [1.165, 1.54) is 28.7 Å². The largest absolute Gasteiger partial charge is 0.507 e. The van der Waals surface area contributed by atoms with Gasteiger partial charge >= 0.3 is 0 Å². The van der Waals surface area contributed by atoms with Crippen molar-refractivity contribution in [2.24, 2.45) is 0 Å². The van der Waals surface area contributed by atoms with E-state index in [0.717, 1.165) is 67.4 Å². The molecule has 0 aliphatic carbocycles. The highest BCUT2D eigenvalue weighted by atomic mass is 16.5. The summed E-state index contributed by atoms with van der Waals surface area (Å²) in [6, 6.07) is 0. The van der Waals surface area contributed by atoms with Gasteiger partial charge in [0, 0.05) is 5.56 Å². The van der Waals surface area contributed by atoms with Crippen LogP contribution < -0.4 is 4.74 Å². The molecule has 0 saturated carbocycles. The topological polar surface area (TPSA) is 29.5 Å². The Morgan fingerprint density at radius 3 is 2.06 bits per heavy atom. The van der Waals surface area contributed by atoms with E-state index in [1.807, 2.05) is 13.8 Å². The van der Waals surface area contributed by atoms with E-state index in [9.17, 15) is 5.11 Å². The second-order valence-corrected chi connectivity index (χ2v) is 10.1. The maximum Gasteiger partial charge on any atom is 0.127 e. The fraction of sp³-hybridized carbons (Fsp3) is 0.586. The highest BCUT2D eigenvalue weighted by molar-refractivity contribution is 5.58. The van der Waals surface area contributed by atoms with Crippen LogP contribution in [0.15, 0.2) is 34.9 Å². The molecule has 0 bridgehead atoms. The average Bonchev–Trinajstić information content (AvgIpc) is 2.70. The third-order valence-corrected chi connectivity index (χ3v) is 6.88. The molecule has 0 saturated heterocycles. The average molecular weight is 425 g/mol. The first-order valence-electron chi connectivity index (χ1n) is 12.0. The van der Waals surface area contributed by atoms with Gasteiger partial charge in [0.25, 0.3) is 0 Å². The minimum absolute atomic E-state index is 0.133. The molecule has 2 rings (SSSR count). The summed E-state index contributed by atoms with van der Waals surface area (Å²) in [4.78, 5) is 0. The van der Waals surface area contributed by atoms with Gasteiger partial charge in [-0.2, -0.15) is 0 Å². The summed E-state index contributed by atoms with van der Waals surface area (Å²) in [6.07, 6.45) is 15.8. The van der Waals surface area contributed by atoms with Crippen molar-refractivity contribution in [3.63, 3.8) is 0 Å². The number of hydrogen-bond donors (Lipinski definition) is 1. The second-order valence-electron chi connectivity index (χ2n) is 10.1. The van der Waals surface area contributed by atoms with Crippen molar-refractivity contribution >= 4 is 0 Å². The number of phenols is 1. The van der Waals surface area contributed by atoms with Gasteiger partial charge in [0.2, 0.25) is 0 Å². The molecule has 0 spiro atoms. The Balaban J connectivity index is 1.88. The maximum atomic E-state index is 10.4. The van der Waals surface area contributed by atoms with Crippen LogP contribution in [0.3, 0.4) is 0 Å². The molecular weight excluding hydrogens is 380 g/mol. The lowest BCUT2D eigenvalue weighted by Crippen LogP contribution is -2.37. The van der Waals surface area contributed by atoms with Crippen LogP contribution in [0, 0.1) is 20.8 Å². The summed E-state index contributed by atoms with van der Waals surface area (Å²) in [7, 11) is 0. The summed E-state index contributed by atoms with van der Waals surface area (Å²) < 4.78 is 6.56.